The Kier molecular flexibility index (Phi) is 9.59. The lowest BCUT2D eigenvalue weighted by molar-refractivity contribution is 0.00206. The van der Waals surface area contributed by atoms with Crippen LogP contribution in [0.25, 0.3) is 0 Å². The molecule has 29 heavy (non-hydrogen) atoms. The van der Waals surface area contributed by atoms with Crippen LogP contribution in [-0.4, -0.2) is 65.9 Å². The van der Waals surface area contributed by atoms with Crippen LogP contribution in [0.5, 0.6) is 0 Å². The van der Waals surface area contributed by atoms with E-state index in [0.29, 0.717) is 52.9 Å². The maximum absolute atomic E-state index is 5.69. The van der Waals surface area contributed by atoms with Gasteiger partial charge in [0, 0.05) is 18.8 Å². The highest BCUT2D eigenvalue weighted by molar-refractivity contribution is 5.53. The van der Waals surface area contributed by atoms with Crippen molar-refractivity contribution in [3.8, 4) is 0 Å². The zero-order chi connectivity index (χ0) is 20.0. The third kappa shape index (κ3) is 8.29. The molecule has 0 unspecified atom stereocenters. The van der Waals surface area contributed by atoms with Crippen molar-refractivity contribution in [3.05, 3.63) is 54.6 Å². The minimum atomic E-state index is 0.584. The van der Waals surface area contributed by atoms with E-state index < -0.39 is 0 Å². The van der Waals surface area contributed by atoms with E-state index in [9.17, 15) is 0 Å². The molecule has 1 fully saturated rings. The van der Waals surface area contributed by atoms with Crippen LogP contribution in [0.1, 0.15) is 0 Å². The summed E-state index contributed by atoms with van der Waals surface area (Å²) in [6, 6.07) is 17.8. The number of nitrogens with zero attached hydrogens (tertiary/aromatic N) is 3. The van der Waals surface area contributed by atoms with Crippen LogP contribution in [0.4, 0.5) is 17.1 Å². The van der Waals surface area contributed by atoms with E-state index in [1.807, 2.05) is 42.5 Å². The second-order valence-corrected chi connectivity index (χ2v) is 6.49. The predicted octanol–water partition coefficient (Wildman–Crippen LogP) is 3.99. The molecule has 0 N–H and O–H groups in total. The molecule has 7 heteroatoms. The van der Waals surface area contributed by atoms with E-state index in [0.717, 1.165) is 30.2 Å². The second-order valence-electron chi connectivity index (χ2n) is 6.49. The molecule has 1 saturated heterocycles. The number of ether oxygens (including phenoxy) is 4. The highest BCUT2D eigenvalue weighted by atomic mass is 16.6. The molecular weight excluding hydrogens is 370 g/mol. The van der Waals surface area contributed by atoms with E-state index >= 15 is 0 Å². The average Bonchev–Trinajstić information content (AvgIpc) is 2.78. The molecular formula is C22H29N3O4. The highest BCUT2D eigenvalue weighted by Gasteiger charge is 2.07. The molecule has 1 aliphatic heterocycles. The lowest BCUT2D eigenvalue weighted by atomic mass is 10.2. The average molecular weight is 399 g/mol. The van der Waals surface area contributed by atoms with Crippen molar-refractivity contribution in [2.24, 2.45) is 10.2 Å². The summed E-state index contributed by atoms with van der Waals surface area (Å²) in [6.07, 6.45) is 0. The van der Waals surface area contributed by atoms with Gasteiger partial charge in [0.2, 0.25) is 0 Å². The maximum atomic E-state index is 5.69. The summed E-state index contributed by atoms with van der Waals surface area (Å²) in [5.41, 5.74) is 2.76. The predicted molar refractivity (Wildman–Crippen MR) is 113 cm³/mol. The fourth-order valence-electron chi connectivity index (χ4n) is 2.82. The first-order valence-corrected chi connectivity index (χ1v) is 10.0. The zero-order valence-corrected chi connectivity index (χ0v) is 16.7. The Morgan fingerprint density at radius 1 is 0.517 bits per heavy atom. The summed E-state index contributed by atoms with van der Waals surface area (Å²) >= 11 is 0. The van der Waals surface area contributed by atoms with Gasteiger partial charge in [-0.25, -0.2) is 0 Å². The van der Waals surface area contributed by atoms with Crippen LogP contribution >= 0.6 is 0 Å². The molecule has 2 aromatic carbocycles. The summed E-state index contributed by atoms with van der Waals surface area (Å²) in [7, 11) is 0. The molecule has 0 bridgehead atoms. The van der Waals surface area contributed by atoms with Gasteiger partial charge in [-0.05, 0) is 36.4 Å². The smallest absolute Gasteiger partial charge is 0.0858 e. The molecule has 0 amide bonds. The molecule has 7 nitrogen and oxygen atoms in total. The van der Waals surface area contributed by atoms with Crippen molar-refractivity contribution in [3.63, 3.8) is 0 Å². The van der Waals surface area contributed by atoms with Gasteiger partial charge in [0.1, 0.15) is 0 Å². The number of benzene rings is 2. The maximum Gasteiger partial charge on any atom is 0.0858 e. The first-order valence-electron chi connectivity index (χ1n) is 10.0. The van der Waals surface area contributed by atoms with Crippen molar-refractivity contribution in [2.75, 3.05) is 70.8 Å². The summed E-state index contributed by atoms with van der Waals surface area (Å²) in [6.45, 7) is 6.35. The fourth-order valence-corrected chi connectivity index (χ4v) is 2.82. The Hall–Kier alpha value is -2.32. The van der Waals surface area contributed by atoms with E-state index in [-0.39, 0.29) is 0 Å². The van der Waals surface area contributed by atoms with Gasteiger partial charge in [0.15, 0.2) is 0 Å². The van der Waals surface area contributed by atoms with Gasteiger partial charge in [-0.15, -0.1) is 0 Å². The molecule has 1 heterocycles. The lowest BCUT2D eigenvalue weighted by Gasteiger charge is -2.25. The summed E-state index contributed by atoms with van der Waals surface area (Å²) in [5.74, 6) is 0. The fraction of sp³-hybridized carbons (Fsp3) is 0.455. The van der Waals surface area contributed by atoms with Crippen LogP contribution in [0.15, 0.2) is 64.8 Å². The van der Waals surface area contributed by atoms with Crippen molar-refractivity contribution >= 4 is 17.1 Å². The molecule has 0 atom stereocenters. The molecule has 1 aliphatic rings. The number of hydrogen-bond acceptors (Lipinski definition) is 7. The molecule has 0 aromatic heterocycles. The Labute approximate surface area is 172 Å². The zero-order valence-electron chi connectivity index (χ0n) is 16.7. The number of anilines is 1. The van der Waals surface area contributed by atoms with Crippen LogP contribution in [0.2, 0.25) is 0 Å². The summed E-state index contributed by atoms with van der Waals surface area (Å²) in [4.78, 5) is 2.25. The van der Waals surface area contributed by atoms with Gasteiger partial charge in [-0.3, -0.25) is 0 Å². The van der Waals surface area contributed by atoms with Crippen molar-refractivity contribution in [2.45, 2.75) is 0 Å². The van der Waals surface area contributed by atoms with Gasteiger partial charge < -0.3 is 23.8 Å². The standard InChI is InChI=1S/C22H29N3O4/c1-2-4-20(5-3-1)23-24-21-6-8-22(9-7-21)25-10-12-26-14-16-28-18-19-29-17-15-27-13-11-25/h1-9H,10-19H2. The molecule has 0 spiro atoms. The van der Waals surface area contributed by atoms with Crippen LogP contribution < -0.4 is 4.90 Å². The SMILES string of the molecule is c1ccc(N=Nc2ccc(N3CCOCCOCCOCCOCC3)cc2)cc1. The third-order valence-electron chi connectivity index (χ3n) is 4.38. The lowest BCUT2D eigenvalue weighted by Crippen LogP contribution is -2.31. The van der Waals surface area contributed by atoms with Crippen LogP contribution in [0, 0.1) is 0 Å². The summed E-state index contributed by atoms with van der Waals surface area (Å²) < 4.78 is 22.3. The molecule has 0 radical (unpaired) electrons. The van der Waals surface area contributed by atoms with Gasteiger partial charge in [-0.2, -0.15) is 10.2 Å². The molecule has 156 valence electrons. The Morgan fingerprint density at radius 3 is 1.48 bits per heavy atom. The Bertz CT molecular complexity index is 694. The van der Waals surface area contributed by atoms with E-state index in [1.165, 1.54) is 0 Å². The van der Waals surface area contributed by atoms with Crippen molar-refractivity contribution in [1.29, 1.82) is 0 Å². The molecule has 3 rings (SSSR count). The highest BCUT2D eigenvalue weighted by Crippen LogP contribution is 2.22. The minimum Gasteiger partial charge on any atom is -0.377 e. The quantitative estimate of drug-likeness (QED) is 0.730. The van der Waals surface area contributed by atoms with Crippen molar-refractivity contribution in [1.82, 2.24) is 0 Å². The normalized spacial score (nSPS) is 18.3. The Morgan fingerprint density at radius 2 is 0.966 bits per heavy atom. The number of rotatable bonds is 3. The van der Waals surface area contributed by atoms with Crippen molar-refractivity contribution < 1.29 is 18.9 Å². The van der Waals surface area contributed by atoms with E-state index in [4.69, 9.17) is 18.9 Å². The van der Waals surface area contributed by atoms with Gasteiger partial charge >= 0.3 is 0 Å². The van der Waals surface area contributed by atoms with Crippen LogP contribution in [-0.2, 0) is 18.9 Å². The molecule has 0 aliphatic carbocycles. The molecule has 2 aromatic rings. The minimum absolute atomic E-state index is 0.584. The number of hydrogen-bond donors (Lipinski definition) is 0. The van der Waals surface area contributed by atoms with Gasteiger partial charge in [0.25, 0.3) is 0 Å². The topological polar surface area (TPSA) is 64.9 Å². The largest absolute Gasteiger partial charge is 0.377 e. The van der Waals surface area contributed by atoms with E-state index in [1.54, 1.807) is 0 Å². The van der Waals surface area contributed by atoms with Gasteiger partial charge in [-0.1, -0.05) is 18.2 Å². The number of azo groups is 1. The second kappa shape index (κ2) is 13.0. The van der Waals surface area contributed by atoms with Crippen LogP contribution in [0.3, 0.4) is 0 Å². The van der Waals surface area contributed by atoms with Gasteiger partial charge in [0.05, 0.1) is 64.2 Å². The molecule has 0 saturated carbocycles. The first-order chi connectivity index (χ1) is 14.4. The van der Waals surface area contributed by atoms with E-state index in [2.05, 4.69) is 27.3 Å². The first kappa shape index (κ1) is 21.4. The monoisotopic (exact) mass is 399 g/mol. The summed E-state index contributed by atoms with van der Waals surface area (Å²) in [5, 5.41) is 8.56. The third-order valence-corrected chi connectivity index (χ3v) is 4.38. The Balaban J connectivity index is 1.56.